The summed E-state index contributed by atoms with van der Waals surface area (Å²) in [4.78, 5) is 16.1. The maximum absolute atomic E-state index is 12.2. The average Bonchev–Trinajstić information content (AvgIpc) is 2.52. The number of nitrogens with zero attached hydrogens (tertiary/aromatic N) is 2. The Morgan fingerprint density at radius 2 is 1.91 bits per heavy atom. The van der Waals surface area contributed by atoms with Gasteiger partial charge in [0.1, 0.15) is 0 Å². The lowest BCUT2D eigenvalue weighted by Gasteiger charge is -2.31. The first-order chi connectivity index (χ1) is 10.9. The number of piperidine rings is 1. The quantitative estimate of drug-likeness (QED) is 0.877. The standard InChI is InChI=1S/C18H29N3O2/c1-18(2,23)14-20(3)17(22)19-13-15-9-5-6-10-16(15)21-11-7-4-8-12-21/h5-6,9-10,23H,4,7-8,11-14H2,1-3H3,(H,19,22). The van der Waals surface area contributed by atoms with Gasteiger partial charge in [0.25, 0.3) is 0 Å². The second kappa shape index (κ2) is 7.68. The summed E-state index contributed by atoms with van der Waals surface area (Å²) >= 11 is 0. The van der Waals surface area contributed by atoms with E-state index in [1.54, 1.807) is 20.9 Å². The van der Waals surface area contributed by atoms with Crippen LogP contribution in [0.4, 0.5) is 10.5 Å². The molecule has 2 N–H and O–H groups in total. The SMILES string of the molecule is CN(CC(C)(C)O)C(=O)NCc1ccccc1N1CCCCC1. The van der Waals surface area contributed by atoms with Crippen molar-refractivity contribution in [3.63, 3.8) is 0 Å². The molecule has 1 aliphatic heterocycles. The predicted molar refractivity (Wildman–Crippen MR) is 93.7 cm³/mol. The molecule has 1 saturated heterocycles. The minimum Gasteiger partial charge on any atom is -0.389 e. The van der Waals surface area contributed by atoms with Crippen molar-refractivity contribution in [3.8, 4) is 0 Å². The Bertz CT molecular complexity index is 519. The molecule has 23 heavy (non-hydrogen) atoms. The molecule has 0 radical (unpaired) electrons. The van der Waals surface area contributed by atoms with Crippen molar-refractivity contribution >= 4 is 11.7 Å². The first kappa shape index (κ1) is 17.6. The number of carbonyl (C=O) groups is 1. The van der Waals surface area contributed by atoms with Crippen LogP contribution in [0.25, 0.3) is 0 Å². The molecule has 0 aliphatic carbocycles. The number of urea groups is 1. The molecule has 1 aromatic rings. The largest absolute Gasteiger partial charge is 0.389 e. The molecule has 2 amide bonds. The van der Waals surface area contributed by atoms with Crippen LogP contribution in [0.15, 0.2) is 24.3 Å². The minimum atomic E-state index is -0.891. The summed E-state index contributed by atoms with van der Waals surface area (Å²) in [6, 6.07) is 8.10. The predicted octanol–water partition coefficient (Wildman–Crippen LogP) is 2.59. The Morgan fingerprint density at radius 3 is 2.57 bits per heavy atom. The molecule has 0 unspecified atom stereocenters. The van der Waals surface area contributed by atoms with Crippen LogP contribution < -0.4 is 10.2 Å². The van der Waals surface area contributed by atoms with Gasteiger partial charge in [-0.25, -0.2) is 4.79 Å². The second-order valence-electron chi connectivity index (χ2n) is 7.00. The highest BCUT2D eigenvalue weighted by atomic mass is 16.3. The van der Waals surface area contributed by atoms with Crippen molar-refractivity contribution in [1.29, 1.82) is 0 Å². The van der Waals surface area contributed by atoms with Gasteiger partial charge >= 0.3 is 6.03 Å². The zero-order chi connectivity index (χ0) is 16.9. The number of para-hydroxylation sites is 1. The fourth-order valence-corrected chi connectivity index (χ4v) is 3.06. The first-order valence-electron chi connectivity index (χ1n) is 8.41. The van der Waals surface area contributed by atoms with Crippen molar-refractivity contribution < 1.29 is 9.90 Å². The van der Waals surface area contributed by atoms with Gasteiger partial charge in [-0.1, -0.05) is 18.2 Å². The van der Waals surface area contributed by atoms with Crippen LogP contribution >= 0.6 is 0 Å². The molecule has 0 bridgehead atoms. The van der Waals surface area contributed by atoms with Crippen LogP contribution in [0.2, 0.25) is 0 Å². The summed E-state index contributed by atoms with van der Waals surface area (Å²) in [7, 11) is 1.70. The van der Waals surface area contributed by atoms with E-state index in [9.17, 15) is 9.90 Å². The number of hydrogen-bond donors (Lipinski definition) is 2. The molecule has 5 nitrogen and oxygen atoms in total. The van der Waals surface area contributed by atoms with E-state index in [0.717, 1.165) is 18.7 Å². The molecule has 1 heterocycles. The first-order valence-corrected chi connectivity index (χ1v) is 8.41. The number of amides is 2. The molecule has 128 valence electrons. The number of likely N-dealkylation sites (N-methyl/N-ethyl adjacent to an activating group) is 1. The summed E-state index contributed by atoms with van der Waals surface area (Å²) in [5, 5.41) is 12.8. The van der Waals surface area contributed by atoms with Crippen molar-refractivity contribution in [1.82, 2.24) is 10.2 Å². The third-order valence-electron chi connectivity index (χ3n) is 4.09. The maximum Gasteiger partial charge on any atom is 0.317 e. The van der Waals surface area contributed by atoms with Crippen molar-refractivity contribution in [2.75, 3.05) is 31.6 Å². The fraction of sp³-hybridized carbons (Fsp3) is 0.611. The molecule has 1 aliphatic rings. The number of aliphatic hydroxyl groups is 1. The monoisotopic (exact) mass is 319 g/mol. The van der Waals surface area contributed by atoms with Gasteiger partial charge in [0, 0.05) is 32.4 Å². The van der Waals surface area contributed by atoms with Crippen LogP contribution in [0.3, 0.4) is 0 Å². The highest BCUT2D eigenvalue weighted by Crippen LogP contribution is 2.24. The molecular formula is C18H29N3O2. The van der Waals surface area contributed by atoms with E-state index in [1.807, 2.05) is 6.07 Å². The summed E-state index contributed by atoms with van der Waals surface area (Å²) in [5.41, 5.74) is 1.47. The van der Waals surface area contributed by atoms with Crippen LogP contribution in [0, 0.1) is 0 Å². The second-order valence-corrected chi connectivity index (χ2v) is 7.00. The third kappa shape index (κ3) is 5.43. The average molecular weight is 319 g/mol. The maximum atomic E-state index is 12.2. The van der Waals surface area contributed by atoms with Gasteiger partial charge in [-0.15, -0.1) is 0 Å². The van der Waals surface area contributed by atoms with E-state index in [0.29, 0.717) is 13.1 Å². The third-order valence-corrected chi connectivity index (χ3v) is 4.09. The Kier molecular flexibility index (Phi) is 5.88. The van der Waals surface area contributed by atoms with Crippen molar-refractivity contribution in [3.05, 3.63) is 29.8 Å². The van der Waals surface area contributed by atoms with Gasteiger partial charge in [0.15, 0.2) is 0 Å². The van der Waals surface area contributed by atoms with Crippen LogP contribution in [-0.2, 0) is 6.54 Å². The van der Waals surface area contributed by atoms with E-state index in [-0.39, 0.29) is 6.03 Å². The zero-order valence-electron chi connectivity index (χ0n) is 14.5. The number of hydrogen-bond acceptors (Lipinski definition) is 3. The summed E-state index contributed by atoms with van der Waals surface area (Å²) in [6.07, 6.45) is 3.77. The van der Waals surface area contributed by atoms with Gasteiger partial charge in [-0.3, -0.25) is 0 Å². The Labute approximate surface area is 139 Å². The molecule has 0 aromatic heterocycles. The highest BCUT2D eigenvalue weighted by molar-refractivity contribution is 5.74. The van der Waals surface area contributed by atoms with Crippen molar-refractivity contribution in [2.45, 2.75) is 45.3 Å². The van der Waals surface area contributed by atoms with Crippen LogP contribution in [0.5, 0.6) is 0 Å². The van der Waals surface area contributed by atoms with Gasteiger partial charge < -0.3 is 20.2 Å². The van der Waals surface area contributed by atoms with E-state index in [4.69, 9.17) is 0 Å². The molecular weight excluding hydrogens is 290 g/mol. The molecule has 1 aromatic carbocycles. The minimum absolute atomic E-state index is 0.166. The van der Waals surface area contributed by atoms with Crippen LogP contribution in [-0.4, -0.2) is 48.3 Å². The fourth-order valence-electron chi connectivity index (χ4n) is 3.06. The lowest BCUT2D eigenvalue weighted by Crippen LogP contribution is -2.44. The van der Waals surface area contributed by atoms with Gasteiger partial charge in [0.2, 0.25) is 0 Å². The van der Waals surface area contributed by atoms with Crippen LogP contribution in [0.1, 0.15) is 38.7 Å². The Hall–Kier alpha value is -1.75. The number of rotatable bonds is 5. The summed E-state index contributed by atoms with van der Waals surface area (Å²) in [5.74, 6) is 0. The van der Waals surface area contributed by atoms with E-state index in [2.05, 4.69) is 28.4 Å². The van der Waals surface area contributed by atoms with Crippen molar-refractivity contribution in [2.24, 2.45) is 0 Å². The highest BCUT2D eigenvalue weighted by Gasteiger charge is 2.20. The molecule has 0 atom stereocenters. The number of anilines is 1. The molecule has 2 rings (SSSR count). The summed E-state index contributed by atoms with van der Waals surface area (Å²) in [6.45, 7) is 6.37. The van der Waals surface area contributed by atoms with Gasteiger partial charge in [-0.05, 0) is 44.7 Å². The lowest BCUT2D eigenvalue weighted by atomic mass is 10.1. The number of carbonyl (C=O) groups excluding carboxylic acids is 1. The smallest absolute Gasteiger partial charge is 0.317 e. The zero-order valence-corrected chi connectivity index (χ0v) is 14.5. The van der Waals surface area contributed by atoms with E-state index >= 15 is 0 Å². The Morgan fingerprint density at radius 1 is 1.26 bits per heavy atom. The summed E-state index contributed by atoms with van der Waals surface area (Å²) < 4.78 is 0. The number of nitrogens with one attached hydrogen (secondary N) is 1. The Balaban J connectivity index is 1.96. The van der Waals surface area contributed by atoms with E-state index in [1.165, 1.54) is 29.8 Å². The van der Waals surface area contributed by atoms with E-state index < -0.39 is 5.60 Å². The molecule has 1 fully saturated rings. The normalized spacial score (nSPS) is 15.4. The number of benzene rings is 1. The molecule has 5 heteroatoms. The van der Waals surface area contributed by atoms with Gasteiger partial charge in [-0.2, -0.15) is 0 Å². The molecule has 0 saturated carbocycles. The van der Waals surface area contributed by atoms with Gasteiger partial charge in [0.05, 0.1) is 12.1 Å². The lowest BCUT2D eigenvalue weighted by molar-refractivity contribution is 0.0531. The molecule has 0 spiro atoms. The topological polar surface area (TPSA) is 55.8 Å².